The lowest BCUT2D eigenvalue weighted by molar-refractivity contribution is -0.00964. The van der Waals surface area contributed by atoms with E-state index in [4.69, 9.17) is 13.9 Å². The molecule has 0 saturated carbocycles. The van der Waals surface area contributed by atoms with Crippen molar-refractivity contribution in [1.82, 2.24) is 4.90 Å². The maximum Gasteiger partial charge on any atom is 0.410 e. The molecule has 116 valence electrons. The first kappa shape index (κ1) is 14.8. The van der Waals surface area contributed by atoms with Crippen LogP contribution in [0.15, 0.2) is 22.8 Å². The minimum atomic E-state index is -0.178. The summed E-state index contributed by atoms with van der Waals surface area (Å²) in [5.41, 5.74) is 0. The number of hydrogen-bond donors (Lipinski definition) is 0. The predicted octanol–water partition coefficient (Wildman–Crippen LogP) is 3.08. The third-order valence-corrected chi connectivity index (χ3v) is 5.18. The number of furan rings is 1. The fourth-order valence-electron chi connectivity index (χ4n) is 2.67. The molecule has 2 aliphatic rings. The van der Waals surface area contributed by atoms with Gasteiger partial charge in [-0.25, -0.2) is 4.79 Å². The van der Waals surface area contributed by atoms with Crippen LogP contribution in [0.25, 0.3) is 0 Å². The Hall–Kier alpha value is -1.14. The molecule has 3 rings (SSSR count). The van der Waals surface area contributed by atoms with Crippen molar-refractivity contribution < 1.29 is 18.7 Å². The van der Waals surface area contributed by atoms with E-state index < -0.39 is 0 Å². The molecular weight excluding hydrogens is 290 g/mol. The van der Waals surface area contributed by atoms with Crippen LogP contribution in [0.3, 0.4) is 0 Å². The zero-order valence-electron chi connectivity index (χ0n) is 12.0. The summed E-state index contributed by atoms with van der Waals surface area (Å²) in [7, 11) is 0. The van der Waals surface area contributed by atoms with Crippen molar-refractivity contribution in [2.24, 2.45) is 0 Å². The number of hydrogen-bond acceptors (Lipinski definition) is 5. The zero-order chi connectivity index (χ0) is 14.5. The third kappa shape index (κ3) is 3.95. The summed E-state index contributed by atoms with van der Waals surface area (Å²) < 4.78 is 16.3. The third-order valence-electron chi connectivity index (χ3n) is 3.90. The van der Waals surface area contributed by atoms with E-state index in [2.05, 4.69) is 0 Å². The lowest BCUT2D eigenvalue weighted by Gasteiger charge is -2.26. The molecule has 0 radical (unpaired) electrons. The highest BCUT2D eigenvalue weighted by molar-refractivity contribution is 7.99. The van der Waals surface area contributed by atoms with Crippen LogP contribution in [0.4, 0.5) is 4.79 Å². The van der Waals surface area contributed by atoms with Crippen LogP contribution in [0.1, 0.15) is 30.3 Å². The van der Waals surface area contributed by atoms with E-state index in [0.717, 1.165) is 43.9 Å². The maximum absolute atomic E-state index is 12.2. The number of amides is 1. The van der Waals surface area contributed by atoms with E-state index in [-0.39, 0.29) is 12.2 Å². The molecule has 0 N–H and O–H groups in total. The standard InChI is InChI=1S/C15H21NO4S/c17-15(20-12-4-9-18-10-5-12)16-6-3-14(21-11-7-16)13-2-1-8-19-13/h1-2,8,12,14H,3-7,9-11H2/t14-/m1/s1. The summed E-state index contributed by atoms with van der Waals surface area (Å²) in [5, 5.41) is 0.334. The summed E-state index contributed by atoms with van der Waals surface area (Å²) in [4.78, 5) is 14.1. The normalized spacial score (nSPS) is 24.6. The van der Waals surface area contributed by atoms with Gasteiger partial charge in [-0.05, 0) is 18.6 Å². The van der Waals surface area contributed by atoms with Crippen molar-refractivity contribution in [3.8, 4) is 0 Å². The lowest BCUT2D eigenvalue weighted by atomic mass is 10.2. The number of thioether (sulfide) groups is 1. The Balaban J connectivity index is 1.51. The SMILES string of the molecule is O=C(OC1CCOCC1)N1CCS[C@@H](c2ccco2)CC1. The predicted molar refractivity (Wildman–Crippen MR) is 80.4 cm³/mol. The van der Waals surface area contributed by atoms with Crippen LogP contribution in [-0.4, -0.2) is 49.2 Å². The van der Waals surface area contributed by atoms with Crippen molar-refractivity contribution in [3.63, 3.8) is 0 Å². The molecule has 1 aromatic rings. The van der Waals surface area contributed by atoms with Gasteiger partial charge in [-0.2, -0.15) is 0 Å². The summed E-state index contributed by atoms with van der Waals surface area (Å²) in [6.45, 7) is 2.84. The first-order chi connectivity index (χ1) is 10.3. The molecule has 0 unspecified atom stereocenters. The van der Waals surface area contributed by atoms with Crippen molar-refractivity contribution in [1.29, 1.82) is 0 Å². The van der Waals surface area contributed by atoms with Gasteiger partial charge >= 0.3 is 6.09 Å². The average molecular weight is 311 g/mol. The van der Waals surface area contributed by atoms with Crippen molar-refractivity contribution in [3.05, 3.63) is 24.2 Å². The fourth-order valence-corrected chi connectivity index (χ4v) is 3.85. The molecule has 0 aromatic carbocycles. The summed E-state index contributed by atoms with van der Waals surface area (Å²) in [5.74, 6) is 1.91. The van der Waals surface area contributed by atoms with Crippen LogP contribution in [0.2, 0.25) is 0 Å². The van der Waals surface area contributed by atoms with Crippen LogP contribution in [-0.2, 0) is 9.47 Å². The Morgan fingerprint density at radius 1 is 1.29 bits per heavy atom. The Labute approximate surface area is 128 Å². The number of nitrogens with zero attached hydrogens (tertiary/aromatic N) is 1. The van der Waals surface area contributed by atoms with Gasteiger partial charge in [0.2, 0.25) is 0 Å². The van der Waals surface area contributed by atoms with E-state index in [1.54, 1.807) is 6.26 Å². The highest BCUT2D eigenvalue weighted by Gasteiger charge is 2.26. The number of ether oxygens (including phenoxy) is 2. The van der Waals surface area contributed by atoms with E-state index in [0.29, 0.717) is 18.5 Å². The molecular formula is C15H21NO4S. The zero-order valence-corrected chi connectivity index (χ0v) is 12.8. The van der Waals surface area contributed by atoms with E-state index >= 15 is 0 Å². The van der Waals surface area contributed by atoms with Crippen molar-refractivity contribution in [2.45, 2.75) is 30.6 Å². The van der Waals surface area contributed by atoms with Crippen LogP contribution >= 0.6 is 11.8 Å². The smallest absolute Gasteiger partial charge is 0.410 e. The van der Waals surface area contributed by atoms with Crippen LogP contribution < -0.4 is 0 Å². The van der Waals surface area contributed by atoms with Gasteiger partial charge in [-0.1, -0.05) is 0 Å². The van der Waals surface area contributed by atoms with Gasteiger partial charge in [-0.3, -0.25) is 0 Å². The molecule has 0 spiro atoms. The van der Waals surface area contributed by atoms with E-state index in [9.17, 15) is 4.79 Å². The largest absolute Gasteiger partial charge is 0.468 e. The number of rotatable bonds is 2. The number of carbonyl (C=O) groups is 1. The molecule has 2 aliphatic heterocycles. The van der Waals surface area contributed by atoms with Crippen LogP contribution in [0, 0.1) is 0 Å². The van der Waals surface area contributed by atoms with Crippen molar-refractivity contribution >= 4 is 17.9 Å². The van der Waals surface area contributed by atoms with Gasteiger partial charge < -0.3 is 18.8 Å². The molecule has 2 saturated heterocycles. The molecule has 0 aliphatic carbocycles. The molecule has 1 amide bonds. The highest BCUT2D eigenvalue weighted by Crippen LogP contribution is 2.34. The van der Waals surface area contributed by atoms with Gasteiger partial charge in [0.15, 0.2) is 0 Å². The summed E-state index contributed by atoms with van der Waals surface area (Å²) in [6.07, 6.45) is 4.07. The Bertz CT molecular complexity index is 445. The second-order valence-electron chi connectivity index (χ2n) is 5.35. The molecule has 21 heavy (non-hydrogen) atoms. The van der Waals surface area contributed by atoms with Gasteiger partial charge in [0.05, 0.1) is 24.7 Å². The molecule has 2 fully saturated rings. The Morgan fingerprint density at radius 3 is 2.90 bits per heavy atom. The van der Waals surface area contributed by atoms with E-state index in [1.807, 2.05) is 28.8 Å². The second kappa shape index (κ2) is 7.22. The molecule has 3 heterocycles. The monoisotopic (exact) mass is 311 g/mol. The van der Waals surface area contributed by atoms with Crippen LogP contribution in [0.5, 0.6) is 0 Å². The average Bonchev–Trinajstić information content (AvgIpc) is 2.93. The Morgan fingerprint density at radius 2 is 2.14 bits per heavy atom. The highest BCUT2D eigenvalue weighted by atomic mass is 32.2. The fraction of sp³-hybridized carbons (Fsp3) is 0.667. The molecule has 1 atom stereocenters. The van der Waals surface area contributed by atoms with Gasteiger partial charge in [0.1, 0.15) is 11.9 Å². The maximum atomic E-state index is 12.2. The van der Waals surface area contributed by atoms with E-state index in [1.165, 1.54) is 0 Å². The summed E-state index contributed by atoms with van der Waals surface area (Å²) in [6, 6.07) is 3.92. The minimum Gasteiger partial charge on any atom is -0.468 e. The first-order valence-corrected chi connectivity index (χ1v) is 8.56. The number of carbonyl (C=O) groups excluding carboxylic acids is 1. The Kier molecular flexibility index (Phi) is 5.08. The second-order valence-corrected chi connectivity index (χ2v) is 6.66. The summed E-state index contributed by atoms with van der Waals surface area (Å²) >= 11 is 1.85. The molecule has 1 aromatic heterocycles. The molecule has 5 nitrogen and oxygen atoms in total. The van der Waals surface area contributed by atoms with Gasteiger partial charge in [-0.15, -0.1) is 11.8 Å². The van der Waals surface area contributed by atoms with Crippen molar-refractivity contribution in [2.75, 3.05) is 32.1 Å². The quantitative estimate of drug-likeness (QED) is 0.840. The first-order valence-electron chi connectivity index (χ1n) is 7.51. The van der Waals surface area contributed by atoms with Gasteiger partial charge in [0, 0.05) is 31.7 Å². The molecule has 6 heteroatoms. The minimum absolute atomic E-state index is 0.0167. The molecule has 0 bridgehead atoms. The lowest BCUT2D eigenvalue weighted by Crippen LogP contribution is -2.37. The topological polar surface area (TPSA) is 51.9 Å². The van der Waals surface area contributed by atoms with Gasteiger partial charge in [0.25, 0.3) is 0 Å².